The Hall–Kier alpha value is -3.61. The van der Waals surface area contributed by atoms with Crippen LogP contribution in [-0.2, 0) is 33.0 Å². The van der Waals surface area contributed by atoms with Crippen molar-refractivity contribution in [2.45, 2.75) is 62.5 Å². The van der Waals surface area contributed by atoms with Gasteiger partial charge in [-0.25, -0.2) is 0 Å². The molecule has 46 heavy (non-hydrogen) atoms. The minimum atomic E-state index is -2.36. The normalized spacial score (nSPS) is 13.2. The van der Waals surface area contributed by atoms with Gasteiger partial charge in [0.15, 0.2) is 0 Å². The van der Waals surface area contributed by atoms with Gasteiger partial charge in [-0.3, -0.25) is 0 Å². The molecule has 0 unspecified atom stereocenters. The van der Waals surface area contributed by atoms with Crippen molar-refractivity contribution in [3.63, 3.8) is 0 Å². The van der Waals surface area contributed by atoms with Crippen LogP contribution in [0.25, 0.3) is 0 Å². The third kappa shape index (κ3) is 5.43. The Morgan fingerprint density at radius 1 is 0.435 bits per heavy atom. The molecule has 6 rings (SSSR count). The second-order valence-corrected chi connectivity index (χ2v) is 17.5. The molecule has 0 aliphatic rings. The molecule has 0 atom stereocenters. The van der Waals surface area contributed by atoms with Crippen molar-refractivity contribution in [1.82, 2.24) is 29.3 Å². The number of hydrogen-bond acceptors (Lipinski definition) is 3. The van der Waals surface area contributed by atoms with Gasteiger partial charge in [0.2, 0.25) is 0 Å². The molecule has 0 radical (unpaired) electrons. The van der Waals surface area contributed by atoms with Crippen molar-refractivity contribution in [1.29, 1.82) is 0 Å². The van der Waals surface area contributed by atoms with Crippen molar-refractivity contribution in [3.8, 4) is 0 Å². The standard InChI is InChI=1S/C37H39N6.2ClH.Mn/c1-35(2,28-16-10-7-11-17-28)31-22-25-41(38-31)34(42-26-23-32(39-42)36(3,4)29-18-12-8-13-19-29)43-27-24-33(40-43)37(5,6)30-20-14-9-15-21-30;;;/h7-27H,1-6H3;2*1H;/q;;;+2/p-2. The molecule has 0 saturated heterocycles. The fourth-order valence-corrected chi connectivity index (χ4v) is 8.64. The Balaban J connectivity index is 1.54. The SMILES string of the molecule is CC(C)(c1ccccc1)c1ccn([C](n2ccc(C(C)(C)c3ccccc3)n2)(n2ccc(C(C)(C)c3ccccc3)n2)[Mn]([Cl])[Cl])n1. The van der Waals surface area contributed by atoms with Crippen LogP contribution in [0.2, 0.25) is 0 Å². The van der Waals surface area contributed by atoms with Crippen LogP contribution in [0.4, 0.5) is 0 Å². The van der Waals surface area contributed by atoms with Crippen molar-refractivity contribution in [2.75, 3.05) is 0 Å². The topological polar surface area (TPSA) is 53.5 Å². The van der Waals surface area contributed by atoms with E-state index in [-0.39, 0.29) is 16.2 Å². The molecule has 6 nitrogen and oxygen atoms in total. The molecular formula is C37H39Cl2MnN6. The van der Waals surface area contributed by atoms with Crippen LogP contribution >= 0.6 is 20.2 Å². The van der Waals surface area contributed by atoms with E-state index in [0.717, 1.165) is 33.8 Å². The van der Waals surface area contributed by atoms with E-state index in [1.807, 2.05) is 69.0 Å². The summed E-state index contributed by atoms with van der Waals surface area (Å²) in [5, 5.41) is 15.6. The van der Waals surface area contributed by atoms with Gasteiger partial charge in [-0.05, 0) is 0 Å². The monoisotopic (exact) mass is 692 g/mol. The first-order chi connectivity index (χ1) is 21.9. The van der Waals surface area contributed by atoms with Gasteiger partial charge in [0.25, 0.3) is 0 Å². The van der Waals surface area contributed by atoms with E-state index >= 15 is 0 Å². The van der Waals surface area contributed by atoms with Gasteiger partial charge in [0.05, 0.1) is 0 Å². The molecule has 3 aromatic heterocycles. The summed E-state index contributed by atoms with van der Waals surface area (Å²) in [7, 11) is 14.4. The van der Waals surface area contributed by atoms with E-state index in [0.29, 0.717) is 0 Å². The Morgan fingerprint density at radius 3 is 0.935 bits per heavy atom. The second kappa shape index (κ2) is 12.2. The summed E-state index contributed by atoms with van der Waals surface area (Å²) in [5.41, 5.74) is 5.00. The van der Waals surface area contributed by atoms with E-state index < -0.39 is 16.8 Å². The van der Waals surface area contributed by atoms with Crippen molar-refractivity contribution >= 4 is 20.2 Å². The average molecular weight is 694 g/mol. The summed E-state index contributed by atoms with van der Waals surface area (Å²) < 4.78 is 4.28. The van der Waals surface area contributed by atoms with E-state index in [2.05, 4.69) is 114 Å². The number of benzene rings is 3. The molecule has 0 aliphatic heterocycles. The second-order valence-electron chi connectivity index (χ2n) is 13.2. The molecule has 9 heteroatoms. The molecular weight excluding hydrogens is 654 g/mol. The van der Waals surface area contributed by atoms with Crippen molar-refractivity contribution < 1.29 is 12.1 Å². The van der Waals surface area contributed by atoms with Gasteiger partial charge in [-0.1, -0.05) is 0 Å². The fraction of sp³-hybridized carbons (Fsp3) is 0.270. The molecule has 0 saturated carbocycles. The zero-order valence-corrected chi connectivity index (χ0v) is 29.6. The number of aromatic nitrogens is 6. The van der Waals surface area contributed by atoms with Gasteiger partial charge in [-0.2, -0.15) is 0 Å². The first kappa shape index (κ1) is 32.3. The van der Waals surface area contributed by atoms with Gasteiger partial charge in [-0.15, -0.1) is 0 Å². The Morgan fingerprint density at radius 2 is 0.696 bits per heavy atom. The maximum absolute atomic E-state index is 7.21. The molecule has 6 aromatic rings. The molecule has 0 fully saturated rings. The van der Waals surface area contributed by atoms with E-state index in [1.165, 1.54) is 0 Å². The molecule has 238 valence electrons. The number of nitrogens with zero attached hydrogens (tertiary/aromatic N) is 6. The molecule has 3 aromatic carbocycles. The Kier molecular flexibility index (Phi) is 8.58. The van der Waals surface area contributed by atoms with E-state index in [9.17, 15) is 0 Å². The molecule has 0 N–H and O–H groups in total. The number of halogens is 2. The zero-order chi connectivity index (χ0) is 32.7. The van der Waals surface area contributed by atoms with Crippen LogP contribution in [0.1, 0.15) is 75.3 Å². The van der Waals surface area contributed by atoms with Crippen LogP contribution in [0.3, 0.4) is 0 Å². The summed E-state index contributed by atoms with van der Waals surface area (Å²) in [6, 6.07) is 37.3. The summed E-state index contributed by atoms with van der Waals surface area (Å²) in [4.78, 5) is 0. The molecule has 3 heterocycles. The number of hydrogen-bond donors (Lipinski definition) is 0. The fourth-order valence-electron chi connectivity index (χ4n) is 5.97. The minimum absolute atomic E-state index is 0.376. The number of rotatable bonds is 10. The maximum atomic E-state index is 7.21. The van der Waals surface area contributed by atoms with Crippen molar-refractivity contribution in [3.05, 3.63) is 162 Å². The molecule has 0 spiro atoms. The summed E-state index contributed by atoms with van der Waals surface area (Å²) in [5.74, 6) is 0. The quantitative estimate of drug-likeness (QED) is 0.135. The Bertz CT molecular complexity index is 1690. The predicted molar refractivity (Wildman–Crippen MR) is 183 cm³/mol. The van der Waals surface area contributed by atoms with Crippen LogP contribution in [0.5, 0.6) is 0 Å². The first-order valence-electron chi connectivity index (χ1n) is 15.3. The molecule has 0 aliphatic carbocycles. The van der Waals surface area contributed by atoms with Gasteiger partial charge >= 0.3 is 286 Å². The van der Waals surface area contributed by atoms with E-state index in [4.69, 9.17) is 35.5 Å². The van der Waals surface area contributed by atoms with E-state index in [1.54, 1.807) is 0 Å². The van der Waals surface area contributed by atoms with Crippen LogP contribution in [-0.4, -0.2) is 29.3 Å². The first-order valence-corrected chi connectivity index (χ1v) is 19.1. The predicted octanol–water partition coefficient (Wildman–Crippen LogP) is 8.84. The Labute approximate surface area is 284 Å². The van der Waals surface area contributed by atoms with Crippen molar-refractivity contribution in [2.24, 2.45) is 0 Å². The van der Waals surface area contributed by atoms with Crippen LogP contribution in [0.15, 0.2) is 128 Å². The third-order valence-corrected chi connectivity index (χ3v) is 12.2. The van der Waals surface area contributed by atoms with Gasteiger partial charge in [0, 0.05) is 0 Å². The zero-order valence-electron chi connectivity index (χ0n) is 26.9. The molecule has 0 bridgehead atoms. The van der Waals surface area contributed by atoms with Crippen LogP contribution < -0.4 is 0 Å². The third-order valence-electron chi connectivity index (χ3n) is 9.24. The average Bonchev–Trinajstić information content (AvgIpc) is 3.86. The van der Waals surface area contributed by atoms with Gasteiger partial charge in [0.1, 0.15) is 0 Å². The van der Waals surface area contributed by atoms with Crippen LogP contribution in [0, 0.1) is 0 Å². The summed E-state index contributed by atoms with van der Waals surface area (Å²) in [6.07, 6.45) is 5.84. The molecule has 0 amide bonds. The van der Waals surface area contributed by atoms with Gasteiger partial charge < -0.3 is 0 Å². The summed E-state index contributed by atoms with van der Waals surface area (Å²) in [6.45, 7) is 13.0. The summed E-state index contributed by atoms with van der Waals surface area (Å²) >= 11 is -2.36.